The van der Waals surface area contributed by atoms with E-state index in [0.717, 1.165) is 15.4 Å². The van der Waals surface area contributed by atoms with Crippen LogP contribution in [0.25, 0.3) is 0 Å². The molecule has 1 N–H and O–H groups in total. The highest BCUT2D eigenvalue weighted by molar-refractivity contribution is 7.92. The van der Waals surface area contributed by atoms with Crippen LogP contribution in [0.4, 0.5) is 5.69 Å². The third-order valence-electron chi connectivity index (χ3n) is 6.77. The van der Waals surface area contributed by atoms with Gasteiger partial charge in [-0.3, -0.25) is 13.9 Å². The third-order valence-corrected chi connectivity index (χ3v) is 8.52. The van der Waals surface area contributed by atoms with Gasteiger partial charge in [0.2, 0.25) is 28.6 Å². The molecule has 0 aromatic heterocycles. The number of ether oxygens (including phenoxy) is 2. The maximum absolute atomic E-state index is 14.2. The summed E-state index contributed by atoms with van der Waals surface area (Å²) in [6, 6.07) is 22.8. The maximum Gasteiger partial charge on any atom is 0.244 e. The Labute approximate surface area is 242 Å². The van der Waals surface area contributed by atoms with Gasteiger partial charge in [0.05, 0.1) is 11.4 Å². The first-order valence-corrected chi connectivity index (χ1v) is 15.3. The average molecular weight is 580 g/mol. The summed E-state index contributed by atoms with van der Waals surface area (Å²) in [5.74, 6) is 0.122. The second kappa shape index (κ2) is 13.5. The molecule has 0 saturated carbocycles. The van der Waals surface area contributed by atoms with Crippen LogP contribution in [0.3, 0.4) is 0 Å². The number of nitrogens with zero attached hydrogens (tertiary/aromatic N) is 2. The third kappa shape index (κ3) is 7.79. The van der Waals surface area contributed by atoms with Crippen molar-refractivity contribution >= 4 is 27.5 Å². The predicted molar refractivity (Wildman–Crippen MR) is 158 cm³/mol. The summed E-state index contributed by atoms with van der Waals surface area (Å²) in [7, 11) is -3.87. The number of nitrogens with one attached hydrogen (secondary N) is 1. The van der Waals surface area contributed by atoms with Gasteiger partial charge in [-0.15, -0.1) is 0 Å². The molecule has 0 aliphatic carbocycles. The Balaban J connectivity index is 1.72. The van der Waals surface area contributed by atoms with Gasteiger partial charge in [-0.25, -0.2) is 8.42 Å². The zero-order valence-corrected chi connectivity index (χ0v) is 24.5. The van der Waals surface area contributed by atoms with Gasteiger partial charge in [-0.05, 0) is 36.1 Å². The van der Waals surface area contributed by atoms with E-state index in [1.54, 1.807) is 18.2 Å². The number of carbonyl (C=O) groups excluding carboxylic acids is 2. The summed E-state index contributed by atoms with van der Waals surface area (Å²) < 4.78 is 38.5. The van der Waals surface area contributed by atoms with Crippen LogP contribution in [-0.2, 0) is 32.6 Å². The molecule has 2 amide bonds. The highest BCUT2D eigenvalue weighted by Crippen LogP contribution is 2.36. The average Bonchev–Trinajstić information content (AvgIpc) is 3.45. The summed E-state index contributed by atoms with van der Waals surface area (Å²) in [5.41, 5.74) is 1.99. The number of benzene rings is 3. The lowest BCUT2D eigenvalue weighted by molar-refractivity contribution is -0.140. The van der Waals surface area contributed by atoms with E-state index < -0.39 is 28.5 Å². The predicted octanol–water partition coefficient (Wildman–Crippen LogP) is 3.98. The summed E-state index contributed by atoms with van der Waals surface area (Å²) in [6.07, 6.45) is 0.272. The summed E-state index contributed by atoms with van der Waals surface area (Å²) in [4.78, 5) is 29.3. The first kappa shape index (κ1) is 29.9. The molecule has 3 aromatic carbocycles. The Morgan fingerprint density at radius 2 is 1.54 bits per heavy atom. The Morgan fingerprint density at radius 3 is 2.17 bits per heavy atom. The van der Waals surface area contributed by atoms with E-state index in [1.165, 1.54) is 11.8 Å². The molecule has 0 spiro atoms. The molecule has 1 atom stereocenters. The van der Waals surface area contributed by atoms with E-state index in [9.17, 15) is 18.0 Å². The fourth-order valence-corrected chi connectivity index (χ4v) is 5.57. The summed E-state index contributed by atoms with van der Waals surface area (Å²) >= 11 is 0. The van der Waals surface area contributed by atoms with Gasteiger partial charge < -0.3 is 19.7 Å². The number of rotatable bonds is 13. The SMILES string of the molecule is CCS(=O)(=O)N(CC(=O)N(Cc1ccccc1)[C@H](Cc1ccccc1)C(=O)NCC(C)C)c1ccc2c(c1)OCO2. The second-order valence-corrected chi connectivity index (χ2v) is 12.5. The molecule has 1 heterocycles. The Hall–Kier alpha value is -4.05. The minimum Gasteiger partial charge on any atom is -0.454 e. The molecular formula is C31H37N3O6S. The van der Waals surface area contributed by atoms with Crippen LogP contribution in [0, 0.1) is 5.92 Å². The number of fused-ring (bicyclic) bond motifs is 1. The van der Waals surface area contributed by atoms with Crippen molar-refractivity contribution in [3.8, 4) is 11.5 Å². The summed E-state index contributed by atoms with van der Waals surface area (Å²) in [6.45, 7) is 5.66. The molecule has 4 rings (SSSR count). The molecule has 0 unspecified atom stereocenters. The van der Waals surface area contributed by atoms with Crippen LogP contribution in [-0.4, -0.2) is 56.8 Å². The largest absolute Gasteiger partial charge is 0.454 e. The van der Waals surface area contributed by atoms with E-state index in [-0.39, 0.29) is 43.0 Å². The van der Waals surface area contributed by atoms with E-state index in [4.69, 9.17) is 9.47 Å². The molecule has 0 saturated heterocycles. The van der Waals surface area contributed by atoms with Crippen LogP contribution in [0.15, 0.2) is 78.9 Å². The normalized spacial score (nSPS) is 13.1. The first-order chi connectivity index (χ1) is 19.7. The number of anilines is 1. The van der Waals surface area contributed by atoms with E-state index >= 15 is 0 Å². The molecule has 1 aliphatic heterocycles. The van der Waals surface area contributed by atoms with Crippen LogP contribution in [0.5, 0.6) is 11.5 Å². The molecule has 218 valence electrons. The van der Waals surface area contributed by atoms with E-state index in [1.807, 2.05) is 74.5 Å². The van der Waals surface area contributed by atoms with Crippen molar-refractivity contribution in [1.82, 2.24) is 10.2 Å². The second-order valence-electron chi connectivity index (χ2n) is 10.3. The van der Waals surface area contributed by atoms with Gasteiger partial charge in [0.15, 0.2) is 11.5 Å². The molecule has 0 fully saturated rings. The highest BCUT2D eigenvalue weighted by atomic mass is 32.2. The van der Waals surface area contributed by atoms with Crippen LogP contribution in [0.2, 0.25) is 0 Å². The van der Waals surface area contributed by atoms with Gasteiger partial charge in [-0.1, -0.05) is 74.5 Å². The van der Waals surface area contributed by atoms with Gasteiger partial charge in [0.25, 0.3) is 0 Å². The molecule has 9 nitrogen and oxygen atoms in total. The molecule has 41 heavy (non-hydrogen) atoms. The first-order valence-electron chi connectivity index (χ1n) is 13.7. The lowest BCUT2D eigenvalue weighted by Gasteiger charge is -2.34. The van der Waals surface area contributed by atoms with Gasteiger partial charge >= 0.3 is 0 Å². The molecule has 0 radical (unpaired) electrons. The maximum atomic E-state index is 14.2. The molecular weight excluding hydrogens is 542 g/mol. The van der Waals surface area contributed by atoms with Gasteiger partial charge in [0, 0.05) is 25.6 Å². The van der Waals surface area contributed by atoms with Crippen LogP contribution >= 0.6 is 0 Å². The topological polar surface area (TPSA) is 105 Å². The minimum atomic E-state index is -3.87. The lowest BCUT2D eigenvalue weighted by Crippen LogP contribution is -2.53. The standard InChI is InChI=1S/C31H37N3O6S/c1-4-41(37,38)34(26-15-16-28-29(18-26)40-22-39-28)21-30(35)33(20-25-13-9-6-10-14-25)27(31(36)32-19-23(2)3)17-24-11-7-5-8-12-24/h5-16,18,23,27H,4,17,19-22H2,1-3H3,(H,32,36)/t27-/m1/s1. The molecule has 10 heteroatoms. The molecule has 1 aliphatic rings. The van der Waals surface area contributed by atoms with Crippen molar-refractivity contribution in [2.24, 2.45) is 5.92 Å². The van der Waals surface area contributed by atoms with E-state index in [2.05, 4.69) is 5.32 Å². The number of amides is 2. The van der Waals surface area contributed by atoms with Crippen molar-refractivity contribution in [1.29, 1.82) is 0 Å². The van der Waals surface area contributed by atoms with Crippen molar-refractivity contribution in [3.63, 3.8) is 0 Å². The molecule has 3 aromatic rings. The van der Waals surface area contributed by atoms with Crippen molar-refractivity contribution in [2.75, 3.05) is 29.9 Å². The summed E-state index contributed by atoms with van der Waals surface area (Å²) in [5, 5.41) is 2.98. The number of hydrogen-bond acceptors (Lipinski definition) is 6. The van der Waals surface area contributed by atoms with Crippen LogP contribution < -0.4 is 19.1 Å². The fraction of sp³-hybridized carbons (Fsp3) is 0.355. The quantitative estimate of drug-likeness (QED) is 0.329. The number of hydrogen-bond donors (Lipinski definition) is 1. The van der Waals surface area contributed by atoms with E-state index in [0.29, 0.717) is 18.0 Å². The fourth-order valence-electron chi connectivity index (χ4n) is 4.52. The Morgan fingerprint density at radius 1 is 0.902 bits per heavy atom. The zero-order valence-electron chi connectivity index (χ0n) is 23.7. The smallest absolute Gasteiger partial charge is 0.244 e. The lowest BCUT2D eigenvalue weighted by atomic mass is 10.0. The zero-order chi connectivity index (χ0) is 29.4. The number of carbonyl (C=O) groups is 2. The molecule has 0 bridgehead atoms. The number of sulfonamides is 1. The monoisotopic (exact) mass is 579 g/mol. The van der Waals surface area contributed by atoms with Crippen molar-refractivity contribution in [2.45, 2.75) is 39.8 Å². The highest BCUT2D eigenvalue weighted by Gasteiger charge is 2.34. The van der Waals surface area contributed by atoms with Gasteiger partial charge in [0.1, 0.15) is 12.6 Å². The Bertz CT molecular complexity index is 1430. The van der Waals surface area contributed by atoms with Crippen molar-refractivity contribution in [3.05, 3.63) is 90.0 Å². The Kier molecular flexibility index (Phi) is 9.88. The van der Waals surface area contributed by atoms with Crippen molar-refractivity contribution < 1.29 is 27.5 Å². The minimum absolute atomic E-state index is 0.0375. The van der Waals surface area contributed by atoms with Gasteiger partial charge in [-0.2, -0.15) is 0 Å². The van der Waals surface area contributed by atoms with Crippen LogP contribution in [0.1, 0.15) is 31.9 Å².